The van der Waals surface area contributed by atoms with Gasteiger partial charge in [-0.05, 0) is 43.5 Å². The topological polar surface area (TPSA) is 90.1 Å². The number of hydrogen-bond acceptors (Lipinski definition) is 5. The minimum absolute atomic E-state index is 0.165. The fourth-order valence-corrected chi connectivity index (χ4v) is 2.13. The van der Waals surface area contributed by atoms with E-state index in [-0.39, 0.29) is 12.2 Å². The summed E-state index contributed by atoms with van der Waals surface area (Å²) in [4.78, 5) is 11.4. The van der Waals surface area contributed by atoms with E-state index in [1.807, 2.05) is 6.92 Å². The standard InChI is InChI=1S/C11H18N4O3/c1-4-11(3,10(16)17)15-9(12-13-14-15)8-6-5-7(2)18-8/h7-8H,4-6H2,1-3H3,(H,16,17). The van der Waals surface area contributed by atoms with Gasteiger partial charge in [-0.15, -0.1) is 5.10 Å². The van der Waals surface area contributed by atoms with Crippen LogP contribution in [-0.4, -0.2) is 37.4 Å². The molecular formula is C11H18N4O3. The van der Waals surface area contributed by atoms with Gasteiger partial charge in [-0.1, -0.05) is 6.92 Å². The smallest absolute Gasteiger partial charge is 0.331 e. The summed E-state index contributed by atoms with van der Waals surface area (Å²) >= 11 is 0. The van der Waals surface area contributed by atoms with Crippen molar-refractivity contribution >= 4 is 5.97 Å². The molecule has 0 radical (unpaired) electrons. The normalized spacial score (nSPS) is 27.1. The first-order chi connectivity index (χ1) is 8.49. The molecule has 0 aromatic carbocycles. The molecule has 7 nitrogen and oxygen atoms in total. The van der Waals surface area contributed by atoms with Gasteiger partial charge in [0.15, 0.2) is 11.4 Å². The molecule has 2 heterocycles. The Balaban J connectivity index is 2.35. The summed E-state index contributed by atoms with van der Waals surface area (Å²) in [5.74, 6) is -0.435. The second kappa shape index (κ2) is 4.64. The number of rotatable bonds is 4. The Bertz CT molecular complexity index is 447. The van der Waals surface area contributed by atoms with E-state index in [9.17, 15) is 9.90 Å². The van der Waals surface area contributed by atoms with Crippen molar-refractivity contribution in [3.05, 3.63) is 5.82 Å². The number of carboxylic acid groups (broad SMARTS) is 1. The van der Waals surface area contributed by atoms with Crippen molar-refractivity contribution in [1.29, 1.82) is 0 Å². The van der Waals surface area contributed by atoms with Gasteiger partial charge in [-0.2, -0.15) is 0 Å². The van der Waals surface area contributed by atoms with Crippen molar-refractivity contribution in [3.8, 4) is 0 Å². The Hall–Kier alpha value is -1.50. The van der Waals surface area contributed by atoms with Crippen LogP contribution in [0.3, 0.4) is 0 Å². The summed E-state index contributed by atoms with van der Waals surface area (Å²) in [6.45, 7) is 5.41. The predicted molar refractivity (Wildman–Crippen MR) is 61.9 cm³/mol. The number of aromatic nitrogens is 4. The lowest BCUT2D eigenvalue weighted by molar-refractivity contribution is -0.147. The monoisotopic (exact) mass is 254 g/mol. The highest BCUT2D eigenvalue weighted by molar-refractivity contribution is 5.76. The number of nitrogens with zero attached hydrogens (tertiary/aromatic N) is 4. The van der Waals surface area contributed by atoms with E-state index in [0.29, 0.717) is 12.2 Å². The molecule has 0 saturated carbocycles. The molecule has 7 heteroatoms. The summed E-state index contributed by atoms with van der Waals surface area (Å²) in [6.07, 6.45) is 2.12. The molecule has 1 saturated heterocycles. The molecule has 18 heavy (non-hydrogen) atoms. The van der Waals surface area contributed by atoms with Crippen molar-refractivity contribution in [2.75, 3.05) is 0 Å². The molecule has 3 atom stereocenters. The molecule has 1 fully saturated rings. The SMILES string of the molecule is CCC(C)(C(=O)O)n1nnnc1C1CCC(C)O1. The first-order valence-electron chi connectivity index (χ1n) is 6.16. The fraction of sp³-hybridized carbons (Fsp3) is 0.818. The molecule has 1 aliphatic rings. The van der Waals surface area contributed by atoms with E-state index < -0.39 is 11.5 Å². The lowest BCUT2D eigenvalue weighted by Crippen LogP contribution is -2.40. The molecule has 1 aliphatic heterocycles. The van der Waals surface area contributed by atoms with Gasteiger partial charge < -0.3 is 9.84 Å². The third-order valence-corrected chi connectivity index (χ3v) is 3.63. The summed E-state index contributed by atoms with van der Waals surface area (Å²) in [6, 6.07) is 0. The molecule has 100 valence electrons. The maximum absolute atomic E-state index is 11.4. The van der Waals surface area contributed by atoms with Crippen LogP contribution in [0, 0.1) is 0 Å². The third kappa shape index (κ3) is 1.98. The van der Waals surface area contributed by atoms with Gasteiger partial charge in [-0.25, -0.2) is 9.48 Å². The maximum atomic E-state index is 11.4. The largest absolute Gasteiger partial charge is 0.479 e. The van der Waals surface area contributed by atoms with Crippen LogP contribution in [0.2, 0.25) is 0 Å². The molecule has 1 aromatic heterocycles. The van der Waals surface area contributed by atoms with E-state index in [1.54, 1.807) is 13.8 Å². The fourth-order valence-electron chi connectivity index (χ4n) is 2.13. The summed E-state index contributed by atoms with van der Waals surface area (Å²) in [5.41, 5.74) is -1.13. The van der Waals surface area contributed by atoms with Gasteiger partial charge in [0.2, 0.25) is 0 Å². The van der Waals surface area contributed by atoms with Crippen molar-refractivity contribution in [3.63, 3.8) is 0 Å². The number of carboxylic acids is 1. The molecule has 0 amide bonds. The minimum Gasteiger partial charge on any atom is -0.479 e. The first-order valence-corrected chi connectivity index (χ1v) is 6.16. The molecule has 2 rings (SSSR count). The van der Waals surface area contributed by atoms with Crippen LogP contribution in [0.4, 0.5) is 0 Å². The Morgan fingerprint density at radius 3 is 2.83 bits per heavy atom. The number of aliphatic carboxylic acids is 1. The second-order valence-electron chi connectivity index (χ2n) is 4.89. The first kappa shape index (κ1) is 12.9. The summed E-state index contributed by atoms with van der Waals surface area (Å²) in [5, 5.41) is 20.8. The van der Waals surface area contributed by atoms with Crippen LogP contribution in [0.5, 0.6) is 0 Å². The highest BCUT2D eigenvalue weighted by Crippen LogP contribution is 2.33. The number of hydrogen-bond donors (Lipinski definition) is 1. The minimum atomic E-state index is -1.13. The molecule has 1 aromatic rings. The zero-order valence-electron chi connectivity index (χ0n) is 10.8. The van der Waals surface area contributed by atoms with Gasteiger partial charge >= 0.3 is 5.97 Å². The van der Waals surface area contributed by atoms with Crippen LogP contribution < -0.4 is 0 Å². The van der Waals surface area contributed by atoms with Crippen LogP contribution in [-0.2, 0) is 15.1 Å². The lowest BCUT2D eigenvalue weighted by atomic mass is 9.99. The summed E-state index contributed by atoms with van der Waals surface area (Å²) in [7, 11) is 0. The molecular weight excluding hydrogens is 236 g/mol. The van der Waals surface area contributed by atoms with Gasteiger partial charge in [0.05, 0.1) is 6.10 Å². The third-order valence-electron chi connectivity index (χ3n) is 3.63. The zero-order chi connectivity index (χ0) is 13.3. The molecule has 3 unspecified atom stereocenters. The Morgan fingerprint density at radius 2 is 2.33 bits per heavy atom. The van der Waals surface area contributed by atoms with Gasteiger partial charge in [0.25, 0.3) is 0 Å². The van der Waals surface area contributed by atoms with E-state index in [2.05, 4.69) is 15.5 Å². The molecule has 0 aliphatic carbocycles. The molecule has 1 N–H and O–H groups in total. The van der Waals surface area contributed by atoms with Crippen molar-refractivity contribution < 1.29 is 14.6 Å². The summed E-state index contributed by atoms with van der Waals surface area (Å²) < 4.78 is 7.10. The Labute approximate surface area is 105 Å². The zero-order valence-corrected chi connectivity index (χ0v) is 10.8. The highest BCUT2D eigenvalue weighted by atomic mass is 16.5. The number of ether oxygens (including phenoxy) is 1. The van der Waals surface area contributed by atoms with Gasteiger partial charge in [0.1, 0.15) is 6.10 Å². The van der Waals surface area contributed by atoms with Crippen LogP contribution in [0.15, 0.2) is 0 Å². The van der Waals surface area contributed by atoms with Crippen LogP contribution in [0.25, 0.3) is 0 Å². The van der Waals surface area contributed by atoms with Crippen LogP contribution in [0.1, 0.15) is 52.0 Å². The molecule has 0 spiro atoms. The molecule has 0 bridgehead atoms. The maximum Gasteiger partial charge on any atom is 0.331 e. The average molecular weight is 254 g/mol. The van der Waals surface area contributed by atoms with E-state index in [0.717, 1.165) is 12.8 Å². The highest BCUT2D eigenvalue weighted by Gasteiger charge is 2.40. The number of carbonyl (C=O) groups is 1. The van der Waals surface area contributed by atoms with Gasteiger partial charge in [0, 0.05) is 0 Å². The van der Waals surface area contributed by atoms with Crippen LogP contribution >= 0.6 is 0 Å². The van der Waals surface area contributed by atoms with Gasteiger partial charge in [-0.3, -0.25) is 0 Å². The Kier molecular flexibility index (Phi) is 3.34. The second-order valence-corrected chi connectivity index (χ2v) is 4.89. The predicted octanol–water partition coefficient (Wildman–Crippen LogP) is 1.12. The van der Waals surface area contributed by atoms with Crippen molar-refractivity contribution in [2.45, 2.75) is 57.8 Å². The van der Waals surface area contributed by atoms with E-state index >= 15 is 0 Å². The van der Waals surface area contributed by atoms with Crippen molar-refractivity contribution in [1.82, 2.24) is 20.2 Å². The Morgan fingerprint density at radius 1 is 1.61 bits per heavy atom. The van der Waals surface area contributed by atoms with E-state index in [4.69, 9.17) is 4.74 Å². The number of tetrazole rings is 1. The quantitative estimate of drug-likeness (QED) is 0.866. The lowest BCUT2D eigenvalue weighted by Gasteiger charge is -2.25. The van der Waals surface area contributed by atoms with Crippen molar-refractivity contribution in [2.24, 2.45) is 0 Å². The van der Waals surface area contributed by atoms with E-state index in [1.165, 1.54) is 4.68 Å². The average Bonchev–Trinajstić information content (AvgIpc) is 2.95.